The molecule has 0 N–H and O–H groups in total. The number of para-hydroxylation sites is 1. The molecule has 18 heavy (non-hydrogen) atoms. The van der Waals surface area contributed by atoms with Crippen LogP contribution in [0.25, 0.3) is 0 Å². The van der Waals surface area contributed by atoms with Gasteiger partial charge in [0.25, 0.3) is 0 Å². The largest absolute Gasteiger partial charge is 0.312 e. The second-order valence-corrected chi connectivity index (χ2v) is 5.23. The molecule has 1 aliphatic heterocycles. The minimum absolute atomic E-state index is 0.165. The zero-order chi connectivity index (χ0) is 13.0. The number of anilines is 1. The smallest absolute Gasteiger partial charge is 0.223 e. The Morgan fingerprint density at radius 1 is 1.28 bits per heavy atom. The van der Waals surface area contributed by atoms with E-state index in [9.17, 15) is 4.79 Å². The van der Waals surface area contributed by atoms with Crippen LogP contribution in [0.15, 0.2) is 24.3 Å². The first-order valence-corrected chi connectivity index (χ1v) is 7.11. The summed E-state index contributed by atoms with van der Waals surface area (Å²) in [5.41, 5.74) is 2.50. The van der Waals surface area contributed by atoms with Crippen molar-refractivity contribution in [2.24, 2.45) is 0 Å². The van der Waals surface area contributed by atoms with E-state index in [1.165, 1.54) is 37.7 Å². The Morgan fingerprint density at radius 3 is 2.78 bits per heavy atom. The van der Waals surface area contributed by atoms with E-state index < -0.39 is 0 Å². The van der Waals surface area contributed by atoms with Crippen LogP contribution >= 0.6 is 0 Å². The van der Waals surface area contributed by atoms with E-state index in [-0.39, 0.29) is 5.91 Å². The fourth-order valence-electron chi connectivity index (χ4n) is 2.86. The Labute approximate surface area is 110 Å². The van der Waals surface area contributed by atoms with Gasteiger partial charge in [0.1, 0.15) is 0 Å². The van der Waals surface area contributed by atoms with Gasteiger partial charge in [-0.1, -0.05) is 50.8 Å². The summed E-state index contributed by atoms with van der Waals surface area (Å²) in [4.78, 5) is 13.6. The summed E-state index contributed by atoms with van der Waals surface area (Å²) in [7, 11) is 0. The summed E-state index contributed by atoms with van der Waals surface area (Å²) in [5, 5.41) is 0. The fourth-order valence-corrected chi connectivity index (χ4v) is 2.86. The van der Waals surface area contributed by atoms with Gasteiger partial charge >= 0.3 is 0 Å². The molecule has 2 nitrogen and oxygen atoms in total. The topological polar surface area (TPSA) is 20.3 Å². The van der Waals surface area contributed by atoms with E-state index in [2.05, 4.69) is 25.1 Å². The number of rotatable bonds is 5. The van der Waals surface area contributed by atoms with E-state index in [0.717, 1.165) is 12.2 Å². The summed E-state index contributed by atoms with van der Waals surface area (Å²) in [6, 6.07) is 8.36. The van der Waals surface area contributed by atoms with Crippen molar-refractivity contribution in [2.45, 2.75) is 51.9 Å². The highest BCUT2D eigenvalue weighted by atomic mass is 16.2. The van der Waals surface area contributed by atoms with Crippen LogP contribution in [0.2, 0.25) is 0 Å². The van der Waals surface area contributed by atoms with Gasteiger partial charge in [-0.25, -0.2) is 0 Å². The number of hydrogen-bond donors (Lipinski definition) is 0. The molecule has 1 aromatic carbocycles. The highest BCUT2D eigenvalue weighted by Gasteiger charge is 2.29. The summed E-state index contributed by atoms with van der Waals surface area (Å²) >= 11 is 0. The number of unbranched alkanes of at least 4 members (excludes halogenated alkanes) is 3. The van der Waals surface area contributed by atoms with Crippen LogP contribution in [-0.2, 0) is 4.79 Å². The molecule has 1 atom stereocenters. The molecule has 0 spiro atoms. The summed E-state index contributed by atoms with van der Waals surface area (Å²) in [5.74, 6) is 0.709. The molecule has 0 saturated heterocycles. The first-order chi connectivity index (χ1) is 8.74. The van der Waals surface area contributed by atoms with Gasteiger partial charge in [0, 0.05) is 25.1 Å². The van der Waals surface area contributed by atoms with Gasteiger partial charge in [-0.2, -0.15) is 0 Å². The van der Waals surface area contributed by atoms with Crippen molar-refractivity contribution in [3.05, 3.63) is 29.8 Å². The molecule has 2 rings (SSSR count). The molecule has 2 heteroatoms. The lowest BCUT2D eigenvalue weighted by Crippen LogP contribution is -2.26. The SMILES string of the molecule is CCCCCCC1CN(C(C)=O)c2ccccc21. The first-order valence-electron chi connectivity index (χ1n) is 7.11. The van der Waals surface area contributed by atoms with Crippen LogP contribution in [-0.4, -0.2) is 12.5 Å². The van der Waals surface area contributed by atoms with Crippen LogP contribution in [0.5, 0.6) is 0 Å². The third-order valence-corrected chi connectivity index (χ3v) is 3.86. The number of hydrogen-bond acceptors (Lipinski definition) is 1. The molecular formula is C16H23NO. The number of amides is 1. The Hall–Kier alpha value is -1.31. The lowest BCUT2D eigenvalue weighted by molar-refractivity contribution is -0.116. The van der Waals surface area contributed by atoms with Crippen LogP contribution in [0.1, 0.15) is 57.4 Å². The summed E-state index contributed by atoms with van der Waals surface area (Å²) in [6.45, 7) is 4.78. The van der Waals surface area contributed by atoms with Crippen molar-refractivity contribution in [3.63, 3.8) is 0 Å². The number of carbonyl (C=O) groups is 1. The van der Waals surface area contributed by atoms with Crippen LogP contribution in [0, 0.1) is 0 Å². The van der Waals surface area contributed by atoms with Crippen LogP contribution in [0.4, 0.5) is 5.69 Å². The van der Waals surface area contributed by atoms with Crippen molar-refractivity contribution in [1.82, 2.24) is 0 Å². The van der Waals surface area contributed by atoms with Gasteiger partial charge in [-0.3, -0.25) is 4.79 Å². The average Bonchev–Trinajstić information content (AvgIpc) is 2.74. The molecule has 0 fully saturated rings. The summed E-state index contributed by atoms with van der Waals surface area (Å²) in [6.07, 6.45) is 6.40. The van der Waals surface area contributed by atoms with Gasteiger partial charge in [0.2, 0.25) is 5.91 Å². The predicted molar refractivity (Wildman–Crippen MR) is 76.0 cm³/mol. The lowest BCUT2D eigenvalue weighted by atomic mass is 9.95. The van der Waals surface area contributed by atoms with Gasteiger partial charge in [-0.15, -0.1) is 0 Å². The normalized spacial score (nSPS) is 17.9. The summed E-state index contributed by atoms with van der Waals surface area (Å²) < 4.78 is 0. The van der Waals surface area contributed by atoms with Crippen molar-refractivity contribution >= 4 is 11.6 Å². The predicted octanol–water partition coefficient (Wildman–Crippen LogP) is 4.11. The molecule has 0 bridgehead atoms. The quantitative estimate of drug-likeness (QED) is 0.715. The molecule has 98 valence electrons. The molecule has 1 heterocycles. The van der Waals surface area contributed by atoms with Gasteiger partial charge in [-0.05, 0) is 18.1 Å². The van der Waals surface area contributed by atoms with Gasteiger partial charge < -0.3 is 4.90 Å². The molecule has 1 amide bonds. The lowest BCUT2D eigenvalue weighted by Gasteiger charge is -2.15. The molecule has 1 unspecified atom stereocenters. The van der Waals surface area contributed by atoms with Gasteiger partial charge in [0.15, 0.2) is 0 Å². The molecule has 0 aromatic heterocycles. The maximum absolute atomic E-state index is 11.7. The average molecular weight is 245 g/mol. The fraction of sp³-hybridized carbons (Fsp3) is 0.562. The first kappa shape index (κ1) is 13.1. The van der Waals surface area contributed by atoms with Crippen LogP contribution < -0.4 is 4.90 Å². The third kappa shape index (κ3) is 2.74. The molecule has 0 radical (unpaired) electrons. The van der Waals surface area contributed by atoms with E-state index in [0.29, 0.717) is 5.92 Å². The highest BCUT2D eigenvalue weighted by molar-refractivity contribution is 5.94. The van der Waals surface area contributed by atoms with Crippen molar-refractivity contribution in [3.8, 4) is 0 Å². The second kappa shape index (κ2) is 6.03. The second-order valence-electron chi connectivity index (χ2n) is 5.23. The highest BCUT2D eigenvalue weighted by Crippen LogP contribution is 2.38. The Balaban J connectivity index is 2.04. The van der Waals surface area contributed by atoms with Crippen molar-refractivity contribution in [1.29, 1.82) is 0 Å². The maximum atomic E-state index is 11.7. The zero-order valence-electron chi connectivity index (χ0n) is 11.5. The Morgan fingerprint density at radius 2 is 2.06 bits per heavy atom. The molecule has 1 aromatic rings. The van der Waals surface area contributed by atoms with E-state index in [1.807, 2.05) is 11.0 Å². The van der Waals surface area contributed by atoms with E-state index in [4.69, 9.17) is 0 Å². The zero-order valence-corrected chi connectivity index (χ0v) is 11.5. The maximum Gasteiger partial charge on any atom is 0.223 e. The molecular weight excluding hydrogens is 222 g/mol. The van der Waals surface area contributed by atoms with Gasteiger partial charge in [0.05, 0.1) is 0 Å². The third-order valence-electron chi connectivity index (χ3n) is 3.86. The van der Waals surface area contributed by atoms with E-state index >= 15 is 0 Å². The number of carbonyl (C=O) groups excluding carboxylic acids is 1. The van der Waals surface area contributed by atoms with Crippen molar-refractivity contribution in [2.75, 3.05) is 11.4 Å². The Kier molecular flexibility index (Phi) is 4.40. The number of benzene rings is 1. The molecule has 1 aliphatic rings. The standard InChI is InChI=1S/C16H23NO/c1-3-4-5-6-9-14-12-17(13(2)18)16-11-8-7-10-15(14)16/h7-8,10-11,14H,3-6,9,12H2,1-2H3. The van der Waals surface area contributed by atoms with E-state index in [1.54, 1.807) is 6.92 Å². The minimum atomic E-state index is 0.165. The minimum Gasteiger partial charge on any atom is -0.312 e. The van der Waals surface area contributed by atoms with Crippen LogP contribution in [0.3, 0.4) is 0 Å². The van der Waals surface area contributed by atoms with Crippen molar-refractivity contribution < 1.29 is 4.79 Å². The molecule has 0 aliphatic carbocycles. The number of fused-ring (bicyclic) bond motifs is 1. The molecule has 0 saturated carbocycles. The Bertz CT molecular complexity index is 413. The number of nitrogens with zero attached hydrogens (tertiary/aromatic N) is 1. The monoisotopic (exact) mass is 245 g/mol.